The van der Waals surface area contributed by atoms with E-state index in [9.17, 15) is 13.2 Å². The van der Waals surface area contributed by atoms with Crippen LogP contribution in [0.2, 0.25) is 0 Å². The molecule has 4 aromatic rings. The summed E-state index contributed by atoms with van der Waals surface area (Å²) in [7, 11) is -0.967. The number of anilines is 1. The van der Waals surface area contributed by atoms with E-state index in [-0.39, 0.29) is 17.3 Å². The molecule has 186 valence electrons. The fourth-order valence-corrected chi connectivity index (χ4v) is 6.40. The van der Waals surface area contributed by atoms with E-state index in [0.29, 0.717) is 24.5 Å². The minimum atomic E-state index is -3.93. The Labute approximate surface area is 210 Å². The Kier molecular flexibility index (Phi) is 6.17. The Hall–Kier alpha value is -3.85. The van der Waals surface area contributed by atoms with Gasteiger partial charge in [0.15, 0.2) is 0 Å². The maximum atomic E-state index is 14.0. The van der Waals surface area contributed by atoms with E-state index >= 15 is 0 Å². The predicted molar refractivity (Wildman–Crippen MR) is 137 cm³/mol. The second-order valence-corrected chi connectivity index (χ2v) is 10.6. The highest BCUT2D eigenvalue weighted by atomic mass is 32.2. The van der Waals surface area contributed by atoms with Gasteiger partial charge in [-0.2, -0.15) is 0 Å². The van der Waals surface area contributed by atoms with Crippen LogP contribution in [0.5, 0.6) is 5.75 Å². The largest absolute Gasteiger partial charge is 0.497 e. The molecule has 36 heavy (non-hydrogen) atoms. The number of nitrogens with zero attached hydrogens (tertiary/aromatic N) is 3. The van der Waals surface area contributed by atoms with E-state index in [2.05, 4.69) is 4.98 Å². The number of fused-ring (bicyclic) bond motifs is 2. The highest BCUT2D eigenvalue weighted by Gasteiger charge is 2.42. The highest BCUT2D eigenvalue weighted by molar-refractivity contribution is 7.92. The molecule has 1 aliphatic rings. The van der Waals surface area contributed by atoms with Crippen molar-refractivity contribution in [1.29, 1.82) is 0 Å². The number of carbonyl (C=O) groups excluding carboxylic acids is 1. The minimum absolute atomic E-state index is 0.155. The molecule has 0 fully saturated rings. The number of esters is 1. The zero-order valence-corrected chi connectivity index (χ0v) is 21.2. The molecule has 5 rings (SSSR count). The fourth-order valence-electron chi connectivity index (χ4n) is 4.78. The maximum Gasteiger partial charge on any atom is 0.307 e. The van der Waals surface area contributed by atoms with Gasteiger partial charge in [0.2, 0.25) is 0 Å². The smallest absolute Gasteiger partial charge is 0.307 e. The van der Waals surface area contributed by atoms with Crippen molar-refractivity contribution in [2.24, 2.45) is 0 Å². The molecule has 0 saturated heterocycles. The Morgan fingerprint density at radius 3 is 2.58 bits per heavy atom. The number of benzene rings is 2. The Morgan fingerprint density at radius 1 is 1.08 bits per heavy atom. The molecule has 3 heterocycles. The van der Waals surface area contributed by atoms with E-state index in [0.717, 1.165) is 27.7 Å². The van der Waals surface area contributed by atoms with Crippen LogP contribution in [-0.2, 0) is 32.5 Å². The molecule has 0 spiro atoms. The van der Waals surface area contributed by atoms with Gasteiger partial charge in [-0.25, -0.2) is 17.7 Å². The van der Waals surface area contributed by atoms with Crippen LogP contribution in [0.25, 0.3) is 10.9 Å². The van der Waals surface area contributed by atoms with E-state index in [1.807, 2.05) is 47.9 Å². The number of sulfonamides is 1. The molecule has 0 bridgehead atoms. The van der Waals surface area contributed by atoms with Crippen molar-refractivity contribution in [1.82, 2.24) is 9.55 Å². The Morgan fingerprint density at radius 2 is 1.86 bits per heavy atom. The summed E-state index contributed by atoms with van der Waals surface area (Å²) in [5.74, 6) is 0.780. The van der Waals surface area contributed by atoms with Crippen LogP contribution < -0.4 is 9.04 Å². The predicted octanol–water partition coefficient (Wildman–Crippen LogP) is 4.41. The molecule has 2 aromatic carbocycles. The molecule has 1 aliphatic heterocycles. The van der Waals surface area contributed by atoms with E-state index in [4.69, 9.17) is 9.47 Å². The van der Waals surface area contributed by atoms with Crippen LogP contribution in [-0.4, -0.2) is 38.2 Å². The molecule has 1 atom stereocenters. The van der Waals surface area contributed by atoms with Crippen LogP contribution in [0, 0.1) is 6.92 Å². The monoisotopic (exact) mass is 505 g/mol. The number of pyridine rings is 1. The first kappa shape index (κ1) is 23.9. The molecule has 0 radical (unpaired) electrons. The third kappa shape index (κ3) is 4.09. The third-order valence-electron chi connectivity index (χ3n) is 6.60. The lowest BCUT2D eigenvalue weighted by Crippen LogP contribution is -2.34. The van der Waals surface area contributed by atoms with Gasteiger partial charge in [0.25, 0.3) is 10.0 Å². The highest BCUT2D eigenvalue weighted by Crippen LogP contribution is 2.44. The summed E-state index contributed by atoms with van der Waals surface area (Å²) in [4.78, 5) is 16.7. The number of ether oxygens (including phenoxy) is 2. The van der Waals surface area contributed by atoms with Gasteiger partial charge in [-0.15, -0.1) is 0 Å². The minimum Gasteiger partial charge on any atom is -0.497 e. The summed E-state index contributed by atoms with van der Waals surface area (Å²) in [6.07, 6.45) is 2.22. The fraction of sp³-hybridized carbons (Fsp3) is 0.259. The first-order valence-corrected chi connectivity index (χ1v) is 13.1. The van der Waals surface area contributed by atoms with Gasteiger partial charge < -0.3 is 14.0 Å². The first-order chi connectivity index (χ1) is 17.3. The van der Waals surface area contributed by atoms with Gasteiger partial charge in [-0.1, -0.05) is 23.8 Å². The first-order valence-electron chi connectivity index (χ1n) is 11.6. The summed E-state index contributed by atoms with van der Waals surface area (Å²) >= 11 is 0. The van der Waals surface area contributed by atoms with Crippen molar-refractivity contribution in [3.8, 4) is 5.75 Å². The molecular weight excluding hydrogens is 478 g/mol. The van der Waals surface area contributed by atoms with Crippen LogP contribution >= 0.6 is 0 Å². The van der Waals surface area contributed by atoms with Crippen molar-refractivity contribution in [2.75, 3.05) is 18.5 Å². The SMILES string of the molecule is COC(=O)CCn1c(C2Cc3cccnc3N2S(=O)(=O)c2ccc(C)cc2)cc2cc(OC)ccc21. The van der Waals surface area contributed by atoms with Crippen molar-refractivity contribution in [3.05, 3.63) is 83.7 Å². The summed E-state index contributed by atoms with van der Waals surface area (Å²) in [5, 5.41) is 0.894. The van der Waals surface area contributed by atoms with E-state index < -0.39 is 16.1 Å². The van der Waals surface area contributed by atoms with Gasteiger partial charge in [-0.3, -0.25) is 4.79 Å². The normalized spacial score (nSPS) is 15.2. The molecular formula is C27H27N3O5S. The van der Waals surface area contributed by atoms with E-state index in [1.54, 1.807) is 37.6 Å². The summed E-state index contributed by atoms with van der Waals surface area (Å²) in [5.41, 5.74) is 3.48. The van der Waals surface area contributed by atoms with Crippen molar-refractivity contribution in [2.45, 2.75) is 37.2 Å². The number of hydrogen-bond donors (Lipinski definition) is 0. The number of carbonyl (C=O) groups is 1. The second-order valence-electron chi connectivity index (χ2n) is 8.79. The lowest BCUT2D eigenvalue weighted by molar-refractivity contribution is -0.140. The summed E-state index contributed by atoms with van der Waals surface area (Å²) < 4.78 is 41.7. The number of methoxy groups -OCH3 is 2. The zero-order valence-electron chi connectivity index (χ0n) is 20.3. The van der Waals surface area contributed by atoms with Gasteiger partial charge in [0.1, 0.15) is 11.6 Å². The molecule has 2 aromatic heterocycles. The standard InChI is InChI=1S/C27H27N3O5S/c1-18-6-9-22(10-7-18)36(32,33)30-25(16-19-5-4-13-28-27(19)30)24-17-20-15-21(34-2)8-11-23(20)29(24)14-12-26(31)35-3/h4-11,13,15,17,25H,12,14,16H2,1-3H3. The van der Waals surface area contributed by atoms with Crippen molar-refractivity contribution in [3.63, 3.8) is 0 Å². The lowest BCUT2D eigenvalue weighted by atomic mass is 10.1. The molecule has 0 N–H and O–H groups in total. The van der Waals surface area contributed by atoms with Crippen LogP contribution in [0.15, 0.2) is 71.8 Å². The van der Waals surface area contributed by atoms with Crippen molar-refractivity contribution < 1.29 is 22.7 Å². The van der Waals surface area contributed by atoms with Gasteiger partial charge in [0.05, 0.1) is 31.6 Å². The Bertz CT molecular complexity index is 1540. The maximum absolute atomic E-state index is 14.0. The molecule has 8 nitrogen and oxygen atoms in total. The zero-order chi connectivity index (χ0) is 25.4. The lowest BCUT2D eigenvalue weighted by Gasteiger charge is -2.27. The van der Waals surface area contributed by atoms with E-state index in [1.165, 1.54) is 11.4 Å². The second kappa shape index (κ2) is 9.31. The van der Waals surface area contributed by atoms with Gasteiger partial charge >= 0.3 is 5.97 Å². The molecule has 0 amide bonds. The molecule has 0 aliphatic carbocycles. The quantitative estimate of drug-likeness (QED) is 0.346. The molecule has 0 saturated carbocycles. The number of aromatic nitrogens is 2. The van der Waals surface area contributed by atoms with Gasteiger partial charge in [-0.05, 0) is 55.0 Å². The number of rotatable bonds is 7. The topological polar surface area (TPSA) is 90.7 Å². The summed E-state index contributed by atoms with van der Waals surface area (Å²) in [6.45, 7) is 2.26. The molecule has 9 heteroatoms. The van der Waals surface area contributed by atoms with Crippen LogP contribution in [0.1, 0.15) is 29.3 Å². The molecule has 1 unspecified atom stereocenters. The van der Waals surface area contributed by atoms with Crippen LogP contribution in [0.3, 0.4) is 0 Å². The van der Waals surface area contributed by atoms with Crippen molar-refractivity contribution >= 4 is 32.7 Å². The average molecular weight is 506 g/mol. The average Bonchev–Trinajstić information content (AvgIpc) is 3.45. The summed E-state index contributed by atoms with van der Waals surface area (Å²) in [6, 6.07) is 17.7. The third-order valence-corrected chi connectivity index (χ3v) is 8.41. The Balaban J connectivity index is 1.68. The van der Waals surface area contributed by atoms with Gasteiger partial charge in [0, 0.05) is 35.8 Å². The number of aryl methyl sites for hydroxylation is 2. The van der Waals surface area contributed by atoms with Crippen LogP contribution in [0.4, 0.5) is 5.82 Å². The number of hydrogen-bond acceptors (Lipinski definition) is 6.